The quantitative estimate of drug-likeness (QED) is 0.229. The molecule has 0 aromatic heterocycles. The van der Waals surface area contributed by atoms with E-state index in [0.717, 1.165) is 34.3 Å². The number of amides is 2. The van der Waals surface area contributed by atoms with Crippen LogP contribution in [-0.2, 0) is 19.6 Å². The van der Waals surface area contributed by atoms with Gasteiger partial charge in [-0.25, -0.2) is 13.2 Å². The van der Waals surface area contributed by atoms with Crippen LogP contribution in [0, 0.1) is 0 Å². The molecule has 3 N–H and O–H groups in total. The molecule has 8 nitrogen and oxygen atoms in total. The molecule has 0 bridgehead atoms. The SMILES string of the molecule is CC(=O)Nc1ccc(Cl)cc1C(C)C.CC(C)c1cc(Cl)ccc1NS(C)(=O)=O.COC(=O)Nc1ccc(Cl)cc1C(C)C. The van der Waals surface area contributed by atoms with E-state index in [1.807, 2.05) is 45.9 Å². The summed E-state index contributed by atoms with van der Waals surface area (Å²) in [4.78, 5) is 22.0. The number of ether oxygens (including phenoxy) is 1. The third-order valence-electron chi connectivity index (χ3n) is 5.94. The first-order valence-corrected chi connectivity index (χ1v) is 16.9. The van der Waals surface area contributed by atoms with E-state index >= 15 is 0 Å². The first-order chi connectivity index (χ1) is 20.3. The Morgan fingerprint density at radius 3 is 1.32 bits per heavy atom. The van der Waals surface area contributed by atoms with Crippen LogP contribution in [-0.4, -0.2) is 33.8 Å². The summed E-state index contributed by atoms with van der Waals surface area (Å²) in [7, 11) is -1.91. The Bertz CT molecular complexity index is 1530. The van der Waals surface area contributed by atoms with Crippen LogP contribution in [0.25, 0.3) is 0 Å². The van der Waals surface area contributed by atoms with Gasteiger partial charge in [0.25, 0.3) is 0 Å². The zero-order chi connectivity index (χ0) is 33.8. The van der Waals surface area contributed by atoms with Gasteiger partial charge in [-0.3, -0.25) is 14.8 Å². The number of anilines is 3. The smallest absolute Gasteiger partial charge is 0.411 e. The zero-order valence-corrected chi connectivity index (χ0v) is 29.6. The van der Waals surface area contributed by atoms with E-state index in [-0.39, 0.29) is 17.7 Å². The number of nitrogens with one attached hydrogen (secondary N) is 3. The third kappa shape index (κ3) is 14.2. The number of halogens is 3. The minimum atomic E-state index is -3.24. The van der Waals surface area contributed by atoms with Gasteiger partial charge in [-0.1, -0.05) is 76.3 Å². The summed E-state index contributed by atoms with van der Waals surface area (Å²) >= 11 is 17.6. The number of methoxy groups -OCH3 is 1. The highest BCUT2D eigenvalue weighted by molar-refractivity contribution is 7.92. The lowest BCUT2D eigenvalue weighted by Crippen LogP contribution is -2.12. The number of carbonyl (C=O) groups is 2. The zero-order valence-electron chi connectivity index (χ0n) is 26.5. The molecule has 2 amide bonds. The summed E-state index contributed by atoms with van der Waals surface area (Å²) in [5, 5.41) is 7.40. The largest absolute Gasteiger partial charge is 0.453 e. The summed E-state index contributed by atoms with van der Waals surface area (Å²) in [6.07, 6.45) is 0.658. The minimum absolute atomic E-state index is 0.0609. The van der Waals surface area contributed by atoms with Crippen molar-refractivity contribution in [3.63, 3.8) is 0 Å². The third-order valence-corrected chi connectivity index (χ3v) is 7.23. The molecular formula is C32H42Cl3N3O5S. The maximum absolute atomic E-state index is 11.1. The second kappa shape index (κ2) is 18.1. The second-order valence-electron chi connectivity index (χ2n) is 10.8. The highest BCUT2D eigenvalue weighted by atomic mass is 35.5. The Balaban J connectivity index is 0.000000330. The van der Waals surface area contributed by atoms with Gasteiger partial charge in [0, 0.05) is 33.4 Å². The number of carbonyl (C=O) groups excluding carboxylic acids is 2. The standard InChI is InChI=1S/C11H14ClNO2.C11H14ClNO.C10H14ClNO2S/c1-7(2)9-6-8(12)4-5-10(9)13-11(14)15-3;1-7(2)10-6-9(12)4-5-11(10)13-8(3)14;1-7(2)9-6-8(11)4-5-10(9)12-15(3,13)14/h4-7H,1-3H3,(H,13,14);4-7H,1-3H3,(H,13,14);4-7,12H,1-3H3. The Hall–Kier alpha value is -2.98. The van der Waals surface area contributed by atoms with Gasteiger partial charge in [-0.2, -0.15) is 0 Å². The van der Waals surface area contributed by atoms with Gasteiger partial charge < -0.3 is 10.1 Å². The maximum Gasteiger partial charge on any atom is 0.411 e. The van der Waals surface area contributed by atoms with Crippen LogP contribution >= 0.6 is 34.8 Å². The predicted molar refractivity (Wildman–Crippen MR) is 185 cm³/mol. The van der Waals surface area contributed by atoms with Crippen LogP contribution in [0.4, 0.5) is 21.9 Å². The molecule has 0 heterocycles. The molecule has 3 aromatic carbocycles. The van der Waals surface area contributed by atoms with Gasteiger partial charge in [0.1, 0.15) is 0 Å². The van der Waals surface area contributed by atoms with Crippen LogP contribution in [0.5, 0.6) is 0 Å². The summed E-state index contributed by atoms with van der Waals surface area (Å²) in [5.41, 5.74) is 5.13. The fraction of sp³-hybridized carbons (Fsp3) is 0.375. The molecule has 242 valence electrons. The van der Waals surface area contributed by atoms with Gasteiger partial charge in [0.15, 0.2) is 0 Å². The summed E-state index contributed by atoms with van der Waals surface area (Å²) < 4.78 is 29.2. The number of rotatable bonds is 7. The summed E-state index contributed by atoms with van der Waals surface area (Å²) in [6.45, 7) is 13.7. The van der Waals surface area contributed by atoms with Crippen LogP contribution in [0.15, 0.2) is 54.6 Å². The maximum atomic E-state index is 11.1. The first kappa shape index (κ1) is 39.0. The molecule has 0 unspecified atom stereocenters. The molecule has 3 aromatic rings. The van der Waals surface area contributed by atoms with Crippen molar-refractivity contribution in [2.24, 2.45) is 0 Å². The van der Waals surface area contributed by atoms with E-state index in [0.29, 0.717) is 26.7 Å². The molecule has 0 aliphatic heterocycles. The van der Waals surface area contributed by atoms with Crippen LogP contribution in [0.2, 0.25) is 15.1 Å². The highest BCUT2D eigenvalue weighted by Crippen LogP contribution is 2.29. The number of sulfonamides is 1. The number of hydrogen-bond donors (Lipinski definition) is 3. The van der Waals surface area contributed by atoms with Crippen molar-refractivity contribution in [1.82, 2.24) is 0 Å². The fourth-order valence-corrected chi connectivity index (χ4v) is 5.03. The van der Waals surface area contributed by atoms with Crippen LogP contribution in [0.3, 0.4) is 0 Å². The van der Waals surface area contributed by atoms with Crippen molar-refractivity contribution in [1.29, 1.82) is 0 Å². The van der Waals surface area contributed by atoms with Crippen LogP contribution < -0.4 is 15.4 Å². The lowest BCUT2D eigenvalue weighted by Gasteiger charge is -2.13. The van der Waals surface area contributed by atoms with E-state index < -0.39 is 16.1 Å². The van der Waals surface area contributed by atoms with Gasteiger partial charge in [-0.15, -0.1) is 0 Å². The van der Waals surface area contributed by atoms with E-state index in [4.69, 9.17) is 34.8 Å². The average Bonchev–Trinajstić information content (AvgIpc) is 2.91. The molecule has 0 saturated carbocycles. The van der Waals surface area contributed by atoms with E-state index in [1.165, 1.54) is 14.0 Å². The normalized spacial score (nSPS) is 10.8. The summed E-state index contributed by atoms with van der Waals surface area (Å²) in [5.74, 6) is 0.786. The monoisotopic (exact) mass is 685 g/mol. The fourth-order valence-electron chi connectivity index (χ4n) is 3.90. The molecule has 0 fully saturated rings. The van der Waals surface area contributed by atoms with Gasteiger partial charge in [-0.05, 0) is 89.0 Å². The molecule has 12 heteroatoms. The Morgan fingerprint density at radius 1 is 0.659 bits per heavy atom. The molecule has 0 aliphatic rings. The molecule has 44 heavy (non-hydrogen) atoms. The molecule has 0 spiro atoms. The van der Waals surface area contributed by atoms with Gasteiger partial charge in [0.2, 0.25) is 15.9 Å². The molecule has 3 rings (SSSR count). The van der Waals surface area contributed by atoms with Crippen molar-refractivity contribution in [2.75, 3.05) is 28.7 Å². The van der Waals surface area contributed by atoms with E-state index in [9.17, 15) is 18.0 Å². The minimum Gasteiger partial charge on any atom is -0.453 e. The highest BCUT2D eigenvalue weighted by Gasteiger charge is 2.12. The van der Waals surface area contributed by atoms with Crippen molar-refractivity contribution in [2.45, 2.75) is 66.2 Å². The average molecular weight is 687 g/mol. The Labute approximate surface area is 276 Å². The van der Waals surface area contributed by atoms with Gasteiger partial charge >= 0.3 is 6.09 Å². The lowest BCUT2D eigenvalue weighted by atomic mass is 10.0. The first-order valence-electron chi connectivity index (χ1n) is 13.8. The summed E-state index contributed by atoms with van der Waals surface area (Å²) in [6, 6.07) is 16.0. The van der Waals surface area contributed by atoms with E-state index in [2.05, 4.69) is 33.9 Å². The van der Waals surface area contributed by atoms with Crippen molar-refractivity contribution in [3.8, 4) is 0 Å². The van der Waals surface area contributed by atoms with Crippen LogP contribution in [0.1, 0.15) is 82.9 Å². The number of benzene rings is 3. The topological polar surface area (TPSA) is 114 Å². The molecule has 0 saturated heterocycles. The van der Waals surface area contributed by atoms with Gasteiger partial charge in [0.05, 0.1) is 19.1 Å². The molecule has 0 aliphatic carbocycles. The predicted octanol–water partition coefficient (Wildman–Crippen LogP) is 9.90. The Kier molecular flexibility index (Phi) is 16.1. The van der Waals surface area contributed by atoms with Crippen molar-refractivity contribution in [3.05, 3.63) is 86.4 Å². The Morgan fingerprint density at radius 2 is 1.00 bits per heavy atom. The second-order valence-corrected chi connectivity index (χ2v) is 13.9. The molecular weight excluding hydrogens is 645 g/mol. The van der Waals surface area contributed by atoms with E-state index in [1.54, 1.807) is 36.4 Å². The molecule has 0 radical (unpaired) electrons. The van der Waals surface area contributed by atoms with Crippen molar-refractivity contribution < 1.29 is 22.7 Å². The number of hydrogen-bond acceptors (Lipinski definition) is 5. The van der Waals surface area contributed by atoms with Crippen molar-refractivity contribution >= 4 is 73.9 Å². The lowest BCUT2D eigenvalue weighted by molar-refractivity contribution is -0.114. The molecule has 0 atom stereocenters.